The van der Waals surface area contributed by atoms with E-state index in [-0.39, 0.29) is 5.95 Å². The van der Waals surface area contributed by atoms with Crippen molar-refractivity contribution in [2.75, 3.05) is 18.2 Å². The lowest BCUT2D eigenvalue weighted by molar-refractivity contribution is 0.393. The van der Waals surface area contributed by atoms with Crippen molar-refractivity contribution in [3.05, 3.63) is 36.4 Å². The standard InChI is InChI=1S/C17H18N8O/c1-9-6-21-17(18)23-13(9)11-7-20-14-10(11)4-5-19-15(14)22-12-8-25(2)24-16(12)26-3/h4-8,20H,1-3H3,(H,19,22)(H2,18,21,23). The van der Waals surface area contributed by atoms with E-state index in [0.29, 0.717) is 11.7 Å². The topological polar surface area (TPSA) is 120 Å². The van der Waals surface area contributed by atoms with E-state index in [9.17, 15) is 0 Å². The zero-order chi connectivity index (χ0) is 18.3. The molecule has 0 aromatic carbocycles. The number of nitrogens with two attached hydrogens (primary N) is 1. The zero-order valence-electron chi connectivity index (χ0n) is 14.6. The van der Waals surface area contributed by atoms with Crippen LogP contribution in [-0.4, -0.2) is 36.8 Å². The van der Waals surface area contributed by atoms with Gasteiger partial charge in [0.15, 0.2) is 5.82 Å². The SMILES string of the molecule is COc1nn(C)cc1Nc1nccc2c(-c3nc(N)ncc3C)c[nH]c12. The lowest BCUT2D eigenvalue weighted by atomic mass is 10.1. The van der Waals surface area contributed by atoms with Crippen LogP contribution in [0.1, 0.15) is 5.56 Å². The van der Waals surface area contributed by atoms with Crippen LogP contribution in [0.25, 0.3) is 22.2 Å². The Hall–Kier alpha value is -3.62. The third-order valence-electron chi connectivity index (χ3n) is 4.09. The molecule has 0 saturated heterocycles. The molecular weight excluding hydrogens is 332 g/mol. The summed E-state index contributed by atoms with van der Waals surface area (Å²) in [6.07, 6.45) is 7.19. The lowest BCUT2D eigenvalue weighted by Gasteiger charge is -2.07. The minimum Gasteiger partial charge on any atom is -0.478 e. The van der Waals surface area contributed by atoms with E-state index < -0.39 is 0 Å². The quantitative estimate of drug-likeness (QED) is 0.517. The summed E-state index contributed by atoms with van der Waals surface area (Å²) in [4.78, 5) is 16.1. The molecule has 0 bridgehead atoms. The van der Waals surface area contributed by atoms with Gasteiger partial charge in [-0.3, -0.25) is 4.68 Å². The van der Waals surface area contributed by atoms with Gasteiger partial charge in [-0.25, -0.2) is 15.0 Å². The van der Waals surface area contributed by atoms with Gasteiger partial charge < -0.3 is 20.8 Å². The number of ether oxygens (including phenoxy) is 1. The molecular formula is C17H18N8O. The number of H-pyrrole nitrogens is 1. The molecule has 0 aliphatic heterocycles. The number of anilines is 3. The number of nitrogens with zero attached hydrogens (tertiary/aromatic N) is 5. The predicted molar refractivity (Wildman–Crippen MR) is 99.3 cm³/mol. The number of hydrogen-bond acceptors (Lipinski definition) is 7. The summed E-state index contributed by atoms with van der Waals surface area (Å²) in [6, 6.07) is 1.94. The summed E-state index contributed by atoms with van der Waals surface area (Å²) >= 11 is 0. The van der Waals surface area contributed by atoms with Crippen LogP contribution >= 0.6 is 0 Å². The summed E-state index contributed by atoms with van der Waals surface area (Å²) in [7, 11) is 3.41. The number of methoxy groups -OCH3 is 1. The first-order valence-corrected chi connectivity index (χ1v) is 7.97. The van der Waals surface area contributed by atoms with Crippen molar-refractivity contribution in [2.24, 2.45) is 7.05 Å². The van der Waals surface area contributed by atoms with Crippen molar-refractivity contribution in [3.8, 4) is 17.1 Å². The Balaban J connectivity index is 1.81. The second kappa shape index (κ2) is 6.03. The van der Waals surface area contributed by atoms with Crippen molar-refractivity contribution in [1.29, 1.82) is 0 Å². The molecule has 9 nitrogen and oxygen atoms in total. The molecule has 0 aliphatic rings. The Morgan fingerprint density at radius 1 is 1.31 bits per heavy atom. The van der Waals surface area contributed by atoms with E-state index in [1.165, 1.54) is 0 Å². The third kappa shape index (κ3) is 2.59. The molecule has 4 heterocycles. The highest BCUT2D eigenvalue weighted by molar-refractivity contribution is 6.01. The molecule has 0 atom stereocenters. The number of aryl methyl sites for hydroxylation is 2. The van der Waals surface area contributed by atoms with Gasteiger partial charge >= 0.3 is 0 Å². The molecule has 4 rings (SSSR count). The van der Waals surface area contributed by atoms with Crippen LogP contribution in [0, 0.1) is 6.92 Å². The van der Waals surface area contributed by atoms with E-state index in [2.05, 4.69) is 30.4 Å². The highest BCUT2D eigenvalue weighted by Gasteiger charge is 2.16. The molecule has 132 valence electrons. The Bertz CT molecular complexity index is 1100. The summed E-state index contributed by atoms with van der Waals surface area (Å²) in [5.74, 6) is 1.41. The van der Waals surface area contributed by atoms with Crippen molar-refractivity contribution < 1.29 is 4.74 Å². The van der Waals surface area contributed by atoms with E-state index in [1.54, 1.807) is 24.2 Å². The van der Waals surface area contributed by atoms with E-state index in [1.807, 2.05) is 32.4 Å². The second-order valence-electron chi connectivity index (χ2n) is 5.90. The van der Waals surface area contributed by atoms with Gasteiger partial charge in [0.05, 0.1) is 24.5 Å². The zero-order valence-corrected chi connectivity index (χ0v) is 14.6. The molecule has 4 N–H and O–H groups in total. The van der Waals surface area contributed by atoms with Crippen LogP contribution in [0.2, 0.25) is 0 Å². The van der Waals surface area contributed by atoms with Gasteiger partial charge in [0, 0.05) is 36.6 Å². The van der Waals surface area contributed by atoms with Crippen LogP contribution < -0.4 is 15.8 Å². The van der Waals surface area contributed by atoms with Crippen LogP contribution in [0.5, 0.6) is 5.88 Å². The molecule has 0 unspecified atom stereocenters. The smallest absolute Gasteiger partial charge is 0.256 e. The number of hydrogen-bond donors (Lipinski definition) is 3. The molecule has 0 fully saturated rings. The maximum absolute atomic E-state index is 5.76. The Morgan fingerprint density at radius 3 is 2.96 bits per heavy atom. The van der Waals surface area contributed by atoms with Crippen molar-refractivity contribution in [2.45, 2.75) is 6.92 Å². The number of rotatable bonds is 4. The molecule has 26 heavy (non-hydrogen) atoms. The van der Waals surface area contributed by atoms with Crippen molar-refractivity contribution in [1.82, 2.24) is 29.7 Å². The van der Waals surface area contributed by atoms with E-state index >= 15 is 0 Å². The third-order valence-corrected chi connectivity index (χ3v) is 4.09. The fraction of sp³-hybridized carbons (Fsp3) is 0.176. The largest absolute Gasteiger partial charge is 0.478 e. The minimum atomic E-state index is 0.243. The highest BCUT2D eigenvalue weighted by atomic mass is 16.5. The maximum atomic E-state index is 5.76. The molecule has 9 heteroatoms. The first-order valence-electron chi connectivity index (χ1n) is 7.97. The summed E-state index contributed by atoms with van der Waals surface area (Å²) in [5, 5.41) is 8.49. The number of nitrogens with one attached hydrogen (secondary N) is 2. The fourth-order valence-corrected chi connectivity index (χ4v) is 2.91. The van der Waals surface area contributed by atoms with E-state index in [4.69, 9.17) is 10.5 Å². The van der Waals surface area contributed by atoms with Crippen LogP contribution in [0.4, 0.5) is 17.5 Å². The molecule has 0 saturated carbocycles. The van der Waals surface area contributed by atoms with Gasteiger partial charge in [-0.05, 0) is 18.6 Å². The van der Waals surface area contributed by atoms with Crippen molar-refractivity contribution in [3.63, 3.8) is 0 Å². The number of nitrogen functional groups attached to an aromatic ring is 1. The highest BCUT2D eigenvalue weighted by Crippen LogP contribution is 2.34. The first-order chi connectivity index (χ1) is 12.6. The summed E-state index contributed by atoms with van der Waals surface area (Å²) in [6.45, 7) is 1.95. The molecule has 0 radical (unpaired) electrons. The summed E-state index contributed by atoms with van der Waals surface area (Å²) in [5.41, 5.74) is 10.0. The average molecular weight is 350 g/mol. The van der Waals surface area contributed by atoms with Crippen LogP contribution in [0.3, 0.4) is 0 Å². The fourth-order valence-electron chi connectivity index (χ4n) is 2.91. The average Bonchev–Trinajstić information content (AvgIpc) is 3.21. The Kier molecular flexibility index (Phi) is 3.68. The molecule has 4 aromatic rings. The monoisotopic (exact) mass is 350 g/mol. The lowest BCUT2D eigenvalue weighted by Crippen LogP contribution is -1.98. The normalized spacial score (nSPS) is 11.0. The minimum absolute atomic E-state index is 0.243. The van der Waals surface area contributed by atoms with Gasteiger partial charge in [-0.1, -0.05) is 0 Å². The molecule has 4 aromatic heterocycles. The molecule has 0 amide bonds. The van der Waals surface area contributed by atoms with Gasteiger partial charge in [0.2, 0.25) is 5.95 Å². The first kappa shape index (κ1) is 15.9. The number of fused-ring (bicyclic) bond motifs is 1. The van der Waals surface area contributed by atoms with Gasteiger partial charge in [0.25, 0.3) is 5.88 Å². The number of pyridine rings is 1. The number of aromatic nitrogens is 6. The van der Waals surface area contributed by atoms with Gasteiger partial charge in [-0.15, -0.1) is 5.10 Å². The molecule has 0 spiro atoms. The number of aromatic amines is 1. The van der Waals surface area contributed by atoms with E-state index in [0.717, 1.165) is 33.4 Å². The second-order valence-corrected chi connectivity index (χ2v) is 5.90. The van der Waals surface area contributed by atoms with Crippen LogP contribution in [0.15, 0.2) is 30.9 Å². The van der Waals surface area contributed by atoms with Gasteiger partial charge in [-0.2, -0.15) is 0 Å². The van der Waals surface area contributed by atoms with Crippen LogP contribution in [-0.2, 0) is 7.05 Å². The maximum Gasteiger partial charge on any atom is 0.256 e. The van der Waals surface area contributed by atoms with Crippen molar-refractivity contribution >= 4 is 28.4 Å². The van der Waals surface area contributed by atoms with Gasteiger partial charge in [0.1, 0.15) is 5.69 Å². The summed E-state index contributed by atoms with van der Waals surface area (Å²) < 4.78 is 6.97. The predicted octanol–water partition coefficient (Wildman–Crippen LogP) is 2.40. The Morgan fingerprint density at radius 2 is 2.15 bits per heavy atom. The Labute approximate surface area is 149 Å². The molecule has 0 aliphatic carbocycles.